The topological polar surface area (TPSA) is 58.9 Å². The van der Waals surface area contributed by atoms with E-state index < -0.39 is 6.17 Å². The average Bonchev–Trinajstić information content (AvgIpc) is 2.65. The average molecular weight is 242 g/mol. The van der Waals surface area contributed by atoms with Gasteiger partial charge in [0.2, 0.25) is 12.2 Å². The van der Waals surface area contributed by atoms with Gasteiger partial charge in [0.25, 0.3) is 0 Å². The zero-order valence-corrected chi connectivity index (χ0v) is 10.0. The Morgan fingerprint density at radius 1 is 1.27 bits per heavy atom. The summed E-state index contributed by atoms with van der Waals surface area (Å²) in [5.41, 5.74) is 0.808. The minimum absolute atomic E-state index is 0.302. The van der Waals surface area contributed by atoms with Gasteiger partial charge in [0.05, 0.1) is 0 Å². The maximum Gasteiger partial charge on any atom is 0.237 e. The van der Waals surface area contributed by atoms with Crippen molar-refractivity contribution in [3.05, 3.63) is 16.3 Å². The van der Waals surface area contributed by atoms with Gasteiger partial charge in [-0.15, -0.1) is 0 Å². The van der Waals surface area contributed by atoms with Gasteiger partial charge < -0.3 is 0 Å². The zero-order valence-electron chi connectivity index (χ0n) is 8.30. The molecule has 0 aromatic carbocycles. The maximum absolute atomic E-state index is 10.2. The van der Waals surface area contributed by atoms with E-state index in [2.05, 4.69) is 22.5 Å². The fourth-order valence-electron chi connectivity index (χ4n) is 1.12. The smallest absolute Gasteiger partial charge is 0.232 e. The van der Waals surface area contributed by atoms with Gasteiger partial charge in [-0.05, 0) is 17.9 Å². The summed E-state index contributed by atoms with van der Waals surface area (Å²) in [5.74, 6) is 0. The molecule has 1 heterocycles. The van der Waals surface area contributed by atoms with Crippen LogP contribution in [0, 0.1) is 0 Å². The Bertz CT molecular complexity index is 411. The summed E-state index contributed by atoms with van der Waals surface area (Å²) >= 11 is 1.51. The lowest BCUT2D eigenvalue weighted by atomic mass is 10.3. The summed E-state index contributed by atoms with van der Waals surface area (Å²) in [7, 11) is -0.302. The van der Waals surface area contributed by atoms with Crippen LogP contribution < -0.4 is 0 Å². The molecule has 1 rings (SSSR count). The van der Waals surface area contributed by atoms with Gasteiger partial charge in [-0.2, -0.15) is 21.3 Å². The van der Waals surface area contributed by atoms with E-state index in [9.17, 15) is 9.59 Å². The lowest BCUT2D eigenvalue weighted by Gasteiger charge is -2.11. The highest BCUT2D eigenvalue weighted by Gasteiger charge is 2.15. The summed E-state index contributed by atoms with van der Waals surface area (Å²) in [6.45, 7) is 0. The minimum Gasteiger partial charge on any atom is -0.232 e. The van der Waals surface area contributed by atoms with Crippen LogP contribution in [0.25, 0.3) is 0 Å². The van der Waals surface area contributed by atoms with Crippen LogP contribution in [0.5, 0.6) is 0 Å². The molecule has 0 aliphatic carbocycles. The number of hydrogen-bond donors (Lipinski definition) is 1. The molecule has 0 radical (unpaired) electrons. The molecule has 0 amide bonds. The third kappa shape index (κ3) is 2.88. The second-order valence-electron chi connectivity index (χ2n) is 2.92. The van der Waals surface area contributed by atoms with E-state index >= 15 is 0 Å². The van der Waals surface area contributed by atoms with Crippen molar-refractivity contribution in [2.75, 3.05) is 12.5 Å². The van der Waals surface area contributed by atoms with E-state index in [0.717, 1.165) is 10.5 Å². The first-order valence-corrected chi connectivity index (χ1v) is 7.26. The molecule has 0 atom stereocenters. The number of aliphatic imine (C=N–C) groups is 2. The first-order valence-electron chi connectivity index (χ1n) is 4.08. The van der Waals surface area contributed by atoms with Crippen LogP contribution in [-0.2, 0) is 9.59 Å². The molecular formula is C9H10N2O2S2. The van der Waals surface area contributed by atoms with Crippen LogP contribution in [0.3, 0.4) is 0 Å². The Morgan fingerprint density at radius 3 is 2.33 bits per heavy atom. The summed E-state index contributed by atoms with van der Waals surface area (Å²) in [6, 6.07) is 0. The van der Waals surface area contributed by atoms with Gasteiger partial charge in [0.1, 0.15) is 0 Å². The molecule has 0 fully saturated rings. The Hall–Kier alpha value is -1.19. The van der Waals surface area contributed by atoms with Crippen molar-refractivity contribution in [3.63, 3.8) is 0 Å². The van der Waals surface area contributed by atoms with Gasteiger partial charge in [-0.25, -0.2) is 20.5 Å². The Morgan fingerprint density at radius 2 is 1.87 bits per heavy atom. The number of carbonyl (C=O) groups excluding carboxylic acids is 2. The zero-order chi connectivity index (χ0) is 11.3. The van der Waals surface area contributed by atoms with Crippen molar-refractivity contribution in [2.45, 2.75) is 11.1 Å². The highest BCUT2D eigenvalue weighted by molar-refractivity contribution is 8.16. The molecule has 0 saturated heterocycles. The van der Waals surface area contributed by atoms with E-state index in [0.29, 0.717) is 0 Å². The number of nitrogens with zero attached hydrogens (tertiary/aromatic N) is 2. The predicted molar refractivity (Wildman–Crippen MR) is 62.4 cm³/mol. The van der Waals surface area contributed by atoms with Crippen molar-refractivity contribution in [1.29, 1.82) is 0 Å². The summed E-state index contributed by atoms with van der Waals surface area (Å²) in [5, 5.41) is 3.85. The molecule has 0 spiro atoms. The molecule has 0 saturated carbocycles. The van der Waals surface area contributed by atoms with Crippen LogP contribution in [-0.4, -0.2) is 24.7 Å². The normalized spacial score (nSPS) is 12.3. The standard InChI is InChI=1S/C9H10N2O2S2/c1-15(2)8-4-14-3-7(8)9(10-5-12)11-6-13/h3-4,9,15H,1-2H3. The van der Waals surface area contributed by atoms with Crippen LogP contribution >= 0.6 is 22.2 Å². The summed E-state index contributed by atoms with van der Waals surface area (Å²) < 4.78 is 0. The fourth-order valence-corrected chi connectivity index (χ4v) is 3.66. The molecule has 1 aromatic heterocycles. The van der Waals surface area contributed by atoms with Crippen LogP contribution in [0.2, 0.25) is 0 Å². The molecule has 1 aromatic rings. The third-order valence-electron chi connectivity index (χ3n) is 1.78. The number of rotatable bonds is 4. The van der Waals surface area contributed by atoms with Crippen LogP contribution in [0.1, 0.15) is 11.7 Å². The molecule has 0 N–H and O–H groups in total. The second kappa shape index (κ2) is 5.63. The van der Waals surface area contributed by atoms with Gasteiger partial charge in [0.15, 0.2) is 6.17 Å². The number of hydrogen-bond acceptors (Lipinski definition) is 5. The highest BCUT2D eigenvalue weighted by Crippen LogP contribution is 2.38. The Kier molecular flexibility index (Phi) is 4.46. The number of thiophene rings is 1. The molecule has 4 nitrogen and oxygen atoms in total. The SMILES string of the molecule is C[SH](C)c1cscc1C(N=C=O)N=C=O. The predicted octanol–water partition coefficient (Wildman–Crippen LogP) is 2.04. The lowest BCUT2D eigenvalue weighted by Crippen LogP contribution is -1.92. The molecule has 0 bridgehead atoms. The largest absolute Gasteiger partial charge is 0.237 e. The quantitative estimate of drug-likeness (QED) is 0.499. The second-order valence-corrected chi connectivity index (χ2v) is 5.94. The van der Waals surface area contributed by atoms with E-state index in [-0.39, 0.29) is 10.9 Å². The van der Waals surface area contributed by atoms with Gasteiger partial charge >= 0.3 is 0 Å². The molecule has 0 aliphatic rings. The monoisotopic (exact) mass is 242 g/mol. The highest BCUT2D eigenvalue weighted by atomic mass is 32.2. The van der Waals surface area contributed by atoms with Gasteiger partial charge in [-0.3, -0.25) is 0 Å². The van der Waals surface area contributed by atoms with Crippen molar-refractivity contribution < 1.29 is 9.59 Å². The van der Waals surface area contributed by atoms with Crippen molar-refractivity contribution >= 4 is 34.4 Å². The molecule has 80 valence electrons. The van der Waals surface area contributed by atoms with E-state index in [4.69, 9.17) is 0 Å². The van der Waals surface area contributed by atoms with Crippen LogP contribution in [0.15, 0.2) is 25.6 Å². The lowest BCUT2D eigenvalue weighted by molar-refractivity contribution is 0.551. The molecular weight excluding hydrogens is 232 g/mol. The molecule has 0 unspecified atom stereocenters. The maximum atomic E-state index is 10.2. The first kappa shape index (κ1) is 11.9. The van der Waals surface area contributed by atoms with Crippen LogP contribution in [0.4, 0.5) is 0 Å². The Balaban J connectivity index is 3.15. The summed E-state index contributed by atoms with van der Waals surface area (Å²) in [4.78, 5) is 28.5. The molecule has 15 heavy (non-hydrogen) atoms. The minimum atomic E-state index is -0.772. The molecule has 6 heteroatoms. The van der Waals surface area contributed by atoms with Gasteiger partial charge in [0, 0.05) is 15.8 Å². The van der Waals surface area contributed by atoms with E-state index in [1.165, 1.54) is 23.5 Å². The molecule has 0 aliphatic heterocycles. The van der Waals surface area contributed by atoms with E-state index in [1.54, 1.807) is 0 Å². The van der Waals surface area contributed by atoms with Crippen molar-refractivity contribution in [1.82, 2.24) is 0 Å². The first-order chi connectivity index (χ1) is 7.20. The third-order valence-corrected chi connectivity index (χ3v) is 4.07. The van der Waals surface area contributed by atoms with Gasteiger partial charge in [-0.1, -0.05) is 0 Å². The van der Waals surface area contributed by atoms with Crippen molar-refractivity contribution in [2.24, 2.45) is 9.98 Å². The van der Waals surface area contributed by atoms with Crippen molar-refractivity contribution in [3.8, 4) is 0 Å². The Labute approximate surface area is 94.1 Å². The fraction of sp³-hybridized carbons (Fsp3) is 0.333. The number of thiol groups is 1. The summed E-state index contributed by atoms with van der Waals surface area (Å²) in [6.07, 6.45) is 6.25. The van der Waals surface area contributed by atoms with E-state index in [1.807, 2.05) is 10.8 Å². The number of isocyanates is 2.